The van der Waals surface area contributed by atoms with Gasteiger partial charge < -0.3 is 20.1 Å². The van der Waals surface area contributed by atoms with Gasteiger partial charge in [-0.15, -0.1) is 0 Å². The van der Waals surface area contributed by atoms with Gasteiger partial charge in [-0.05, 0) is 80.4 Å². The van der Waals surface area contributed by atoms with Gasteiger partial charge in [0.05, 0.1) is 0 Å². The minimum Gasteiger partial charge on any atom is -0.504 e. The normalized spacial score (nSPS) is 15.4. The standard InChI is InChI=1S/C23H36O5/c1-22(2,3)11-7-4-5-9-17-15-18(20(26)21(27)19(17)25)10-6-8-12-23(13-14-23)28-16-24/h15-16,25-27H,4-14H2,1-3H3. The molecule has 158 valence electrons. The number of hydrogen-bond donors (Lipinski definition) is 3. The highest BCUT2D eigenvalue weighted by Gasteiger charge is 2.44. The minimum atomic E-state index is -0.412. The largest absolute Gasteiger partial charge is 0.504 e. The van der Waals surface area contributed by atoms with Crippen molar-refractivity contribution in [3.8, 4) is 17.2 Å². The molecule has 1 aliphatic rings. The molecule has 0 amide bonds. The molecule has 0 bridgehead atoms. The number of phenols is 3. The van der Waals surface area contributed by atoms with Crippen LogP contribution in [0.1, 0.15) is 89.7 Å². The lowest BCUT2D eigenvalue weighted by molar-refractivity contribution is -0.135. The van der Waals surface area contributed by atoms with Gasteiger partial charge in [0.15, 0.2) is 11.5 Å². The SMILES string of the molecule is CC(C)(C)CCCCCc1cc(CCCCC2(OC=O)CC2)c(O)c(O)c1O. The van der Waals surface area contributed by atoms with Crippen molar-refractivity contribution >= 4 is 6.47 Å². The molecule has 1 aromatic rings. The summed E-state index contributed by atoms with van der Waals surface area (Å²) < 4.78 is 5.15. The van der Waals surface area contributed by atoms with E-state index in [1.165, 1.54) is 6.42 Å². The first kappa shape index (κ1) is 22.4. The van der Waals surface area contributed by atoms with Gasteiger partial charge in [-0.3, -0.25) is 4.79 Å². The van der Waals surface area contributed by atoms with Crippen LogP contribution < -0.4 is 0 Å². The molecule has 0 spiro atoms. The number of aromatic hydroxyl groups is 3. The predicted octanol–water partition coefficient (Wildman–Crippen LogP) is 5.37. The molecule has 1 aliphatic carbocycles. The number of carbonyl (C=O) groups excluding carboxylic acids is 1. The molecule has 5 nitrogen and oxygen atoms in total. The molecule has 0 heterocycles. The van der Waals surface area contributed by atoms with Gasteiger partial charge >= 0.3 is 0 Å². The quantitative estimate of drug-likeness (QED) is 0.253. The molecule has 1 fully saturated rings. The summed E-state index contributed by atoms with van der Waals surface area (Å²) in [4.78, 5) is 10.5. The van der Waals surface area contributed by atoms with E-state index in [4.69, 9.17) is 4.74 Å². The van der Waals surface area contributed by atoms with Crippen molar-refractivity contribution in [1.29, 1.82) is 0 Å². The molecule has 0 aromatic heterocycles. The summed E-state index contributed by atoms with van der Waals surface area (Å²) in [5.74, 6) is -0.835. The van der Waals surface area contributed by atoms with Gasteiger partial charge in [0, 0.05) is 0 Å². The van der Waals surface area contributed by atoms with Gasteiger partial charge in [-0.25, -0.2) is 0 Å². The Morgan fingerprint density at radius 1 is 0.929 bits per heavy atom. The third kappa shape index (κ3) is 6.61. The van der Waals surface area contributed by atoms with E-state index in [0.717, 1.165) is 51.4 Å². The zero-order chi connectivity index (χ0) is 20.8. The van der Waals surface area contributed by atoms with Crippen molar-refractivity contribution in [2.24, 2.45) is 5.41 Å². The number of rotatable bonds is 12. The number of unbranched alkanes of at least 4 members (excludes halogenated alkanes) is 3. The van der Waals surface area contributed by atoms with Crippen molar-refractivity contribution in [1.82, 2.24) is 0 Å². The fraction of sp³-hybridized carbons (Fsp3) is 0.696. The monoisotopic (exact) mass is 392 g/mol. The molecule has 0 radical (unpaired) electrons. The Bertz CT molecular complexity index is 656. The van der Waals surface area contributed by atoms with Crippen LogP contribution in [0.4, 0.5) is 0 Å². The van der Waals surface area contributed by atoms with E-state index in [9.17, 15) is 20.1 Å². The third-order valence-corrected chi connectivity index (χ3v) is 5.71. The Morgan fingerprint density at radius 2 is 1.50 bits per heavy atom. The minimum absolute atomic E-state index is 0.201. The summed E-state index contributed by atoms with van der Waals surface area (Å²) in [6, 6.07) is 1.82. The topological polar surface area (TPSA) is 87.0 Å². The van der Waals surface area contributed by atoms with Crippen molar-refractivity contribution in [3.05, 3.63) is 17.2 Å². The number of hydrogen-bond acceptors (Lipinski definition) is 5. The number of aryl methyl sites for hydroxylation is 2. The molecule has 3 N–H and O–H groups in total. The van der Waals surface area contributed by atoms with Gasteiger partial charge in [0.1, 0.15) is 5.60 Å². The van der Waals surface area contributed by atoms with Gasteiger partial charge in [0.2, 0.25) is 5.75 Å². The summed E-state index contributed by atoms with van der Waals surface area (Å²) in [5.41, 5.74) is 1.45. The van der Waals surface area contributed by atoms with E-state index < -0.39 is 5.75 Å². The average molecular weight is 393 g/mol. The summed E-state index contributed by atoms with van der Waals surface area (Å²) in [6.07, 6.45) is 10.0. The van der Waals surface area contributed by atoms with E-state index in [-0.39, 0.29) is 17.1 Å². The molecule has 1 saturated carbocycles. The molecule has 28 heavy (non-hydrogen) atoms. The van der Waals surface area contributed by atoms with Crippen LogP contribution in [0.3, 0.4) is 0 Å². The van der Waals surface area contributed by atoms with E-state index in [1.54, 1.807) is 0 Å². The maximum absolute atomic E-state index is 10.5. The zero-order valence-electron chi connectivity index (χ0n) is 17.6. The smallest absolute Gasteiger partial charge is 0.293 e. The van der Waals surface area contributed by atoms with Gasteiger partial charge in [-0.2, -0.15) is 0 Å². The highest BCUT2D eigenvalue weighted by atomic mass is 16.5. The molecular weight excluding hydrogens is 356 g/mol. The fourth-order valence-electron chi connectivity index (χ4n) is 3.72. The Morgan fingerprint density at radius 3 is 2.00 bits per heavy atom. The van der Waals surface area contributed by atoms with Crippen LogP contribution >= 0.6 is 0 Å². The Balaban J connectivity index is 1.85. The van der Waals surface area contributed by atoms with Crippen molar-refractivity contribution in [3.63, 3.8) is 0 Å². The molecule has 5 heteroatoms. The predicted molar refractivity (Wildman–Crippen MR) is 110 cm³/mol. The molecule has 0 atom stereocenters. The highest BCUT2D eigenvalue weighted by Crippen LogP contribution is 2.44. The van der Waals surface area contributed by atoms with E-state index in [1.807, 2.05) is 6.07 Å². The van der Waals surface area contributed by atoms with Crippen LogP contribution in [0.25, 0.3) is 0 Å². The van der Waals surface area contributed by atoms with Crippen molar-refractivity contribution < 1.29 is 24.9 Å². The maximum Gasteiger partial charge on any atom is 0.293 e. The molecule has 0 saturated heterocycles. The lowest BCUT2D eigenvalue weighted by Crippen LogP contribution is -2.12. The second kappa shape index (κ2) is 9.53. The van der Waals surface area contributed by atoms with Crippen molar-refractivity contribution in [2.75, 3.05) is 0 Å². The first-order valence-corrected chi connectivity index (χ1v) is 10.5. The Hall–Kier alpha value is -1.91. The maximum atomic E-state index is 10.5. The highest BCUT2D eigenvalue weighted by molar-refractivity contribution is 5.57. The van der Waals surface area contributed by atoms with Crippen LogP contribution in [0, 0.1) is 5.41 Å². The molecule has 0 aliphatic heterocycles. The summed E-state index contributed by atoms with van der Waals surface area (Å²) in [6.45, 7) is 7.24. The summed E-state index contributed by atoms with van der Waals surface area (Å²) in [5, 5.41) is 30.4. The van der Waals surface area contributed by atoms with Crippen LogP contribution in [-0.4, -0.2) is 27.4 Å². The van der Waals surface area contributed by atoms with Crippen molar-refractivity contribution in [2.45, 2.75) is 97.0 Å². The van der Waals surface area contributed by atoms with Gasteiger partial charge in [-0.1, -0.05) is 33.6 Å². The summed E-state index contributed by atoms with van der Waals surface area (Å²) in [7, 11) is 0. The van der Waals surface area contributed by atoms with Crippen LogP contribution in [0.15, 0.2) is 6.07 Å². The van der Waals surface area contributed by atoms with Crippen LogP contribution in [-0.2, 0) is 22.4 Å². The average Bonchev–Trinajstić information content (AvgIpc) is 3.38. The number of carbonyl (C=O) groups is 1. The molecule has 1 aromatic carbocycles. The number of benzene rings is 1. The van der Waals surface area contributed by atoms with E-state index in [2.05, 4.69) is 20.8 Å². The van der Waals surface area contributed by atoms with Gasteiger partial charge in [0.25, 0.3) is 6.47 Å². The lowest BCUT2D eigenvalue weighted by Gasteiger charge is -2.17. The van der Waals surface area contributed by atoms with Crippen LogP contribution in [0.5, 0.6) is 17.2 Å². The fourth-order valence-corrected chi connectivity index (χ4v) is 3.72. The van der Waals surface area contributed by atoms with E-state index >= 15 is 0 Å². The number of phenolic OH excluding ortho intramolecular Hbond substituents is 3. The molecular formula is C23H36O5. The third-order valence-electron chi connectivity index (χ3n) is 5.71. The first-order chi connectivity index (χ1) is 13.2. The molecule has 2 rings (SSSR count). The lowest BCUT2D eigenvalue weighted by atomic mass is 9.89. The molecule has 0 unspecified atom stereocenters. The second-order valence-corrected chi connectivity index (χ2v) is 9.47. The Kier molecular flexibility index (Phi) is 7.62. The summed E-state index contributed by atoms with van der Waals surface area (Å²) >= 11 is 0. The second-order valence-electron chi connectivity index (χ2n) is 9.47. The zero-order valence-corrected chi connectivity index (χ0v) is 17.6. The van der Waals surface area contributed by atoms with Crippen LogP contribution in [0.2, 0.25) is 0 Å². The first-order valence-electron chi connectivity index (χ1n) is 10.5. The number of ether oxygens (including phenoxy) is 1. The van der Waals surface area contributed by atoms with E-state index in [0.29, 0.717) is 35.9 Å². The Labute approximate surface area is 168 Å².